The Kier molecular flexibility index (Phi) is 3.53. The van der Waals surface area contributed by atoms with Crippen molar-refractivity contribution in [3.63, 3.8) is 0 Å². The molecule has 0 spiro atoms. The second kappa shape index (κ2) is 5.09. The number of nitrogens with zero attached hydrogens (tertiary/aromatic N) is 3. The van der Waals surface area contributed by atoms with Gasteiger partial charge in [0.2, 0.25) is 5.88 Å². The number of aromatic nitrogens is 3. The lowest BCUT2D eigenvalue weighted by Gasteiger charge is -2.06. The zero-order valence-electron chi connectivity index (χ0n) is 9.13. The van der Waals surface area contributed by atoms with Crippen molar-refractivity contribution in [3.05, 3.63) is 51.0 Å². The molecule has 0 aliphatic heterocycles. The minimum absolute atomic E-state index is 0.175. The van der Waals surface area contributed by atoms with Gasteiger partial charge >= 0.3 is 0 Å². The average molecular weight is 296 g/mol. The van der Waals surface area contributed by atoms with E-state index in [4.69, 9.17) is 4.74 Å². The molecule has 0 fully saturated rings. The van der Waals surface area contributed by atoms with Crippen molar-refractivity contribution in [2.24, 2.45) is 0 Å². The summed E-state index contributed by atoms with van der Waals surface area (Å²) in [6.07, 6.45) is 3.38. The predicted octanol–water partition coefficient (Wildman–Crippen LogP) is 1.46. The summed E-state index contributed by atoms with van der Waals surface area (Å²) in [5.74, 6) is 0.410. The fourth-order valence-corrected chi connectivity index (χ4v) is 1.78. The molecule has 0 aliphatic carbocycles. The van der Waals surface area contributed by atoms with E-state index < -0.39 is 0 Å². The Morgan fingerprint density at radius 3 is 2.94 bits per heavy atom. The molecule has 0 bridgehead atoms. The van der Waals surface area contributed by atoms with Crippen LogP contribution in [0.5, 0.6) is 5.88 Å². The second-order valence-electron chi connectivity index (χ2n) is 3.38. The Bertz CT molecular complexity index is 583. The van der Waals surface area contributed by atoms with E-state index in [-0.39, 0.29) is 5.56 Å². The van der Waals surface area contributed by atoms with Crippen LogP contribution < -0.4 is 10.3 Å². The average Bonchev–Trinajstić information content (AvgIpc) is 2.32. The fraction of sp³-hybridized carbons (Fsp3) is 0.182. The highest BCUT2D eigenvalue weighted by atomic mass is 79.9. The molecule has 0 radical (unpaired) electrons. The van der Waals surface area contributed by atoms with Gasteiger partial charge in [-0.25, -0.2) is 4.68 Å². The second-order valence-corrected chi connectivity index (χ2v) is 4.30. The molecule has 6 heteroatoms. The highest BCUT2D eigenvalue weighted by Crippen LogP contribution is 2.10. The maximum absolute atomic E-state index is 11.6. The summed E-state index contributed by atoms with van der Waals surface area (Å²) in [6, 6.07) is 4.86. The molecular weight excluding hydrogens is 286 g/mol. The molecule has 2 rings (SSSR count). The summed E-state index contributed by atoms with van der Waals surface area (Å²) in [6.45, 7) is 0.364. The Morgan fingerprint density at radius 1 is 1.41 bits per heavy atom. The van der Waals surface area contributed by atoms with Crippen LogP contribution >= 0.6 is 15.9 Å². The zero-order valence-corrected chi connectivity index (χ0v) is 10.7. The van der Waals surface area contributed by atoms with Gasteiger partial charge in [0.05, 0.1) is 13.7 Å². The molecule has 0 N–H and O–H groups in total. The number of ether oxygens (including phenoxy) is 1. The van der Waals surface area contributed by atoms with Gasteiger partial charge in [0.25, 0.3) is 5.56 Å². The topological polar surface area (TPSA) is 57.0 Å². The fourth-order valence-electron chi connectivity index (χ4n) is 1.37. The molecule has 0 saturated heterocycles. The molecule has 0 unspecified atom stereocenters. The van der Waals surface area contributed by atoms with E-state index in [0.29, 0.717) is 12.4 Å². The van der Waals surface area contributed by atoms with Crippen LogP contribution in [0.1, 0.15) is 5.56 Å². The van der Waals surface area contributed by atoms with Crippen LogP contribution in [0, 0.1) is 0 Å². The first-order valence-electron chi connectivity index (χ1n) is 4.90. The summed E-state index contributed by atoms with van der Waals surface area (Å²) in [5.41, 5.74) is 0.716. The summed E-state index contributed by atoms with van der Waals surface area (Å²) >= 11 is 3.33. The van der Waals surface area contributed by atoms with Gasteiger partial charge in [0, 0.05) is 29.0 Å². The monoisotopic (exact) mass is 295 g/mol. The van der Waals surface area contributed by atoms with Gasteiger partial charge in [0.1, 0.15) is 0 Å². The number of halogens is 1. The maximum atomic E-state index is 11.6. The number of pyridine rings is 1. The van der Waals surface area contributed by atoms with Crippen LogP contribution in [-0.4, -0.2) is 21.9 Å². The van der Waals surface area contributed by atoms with E-state index in [2.05, 4.69) is 26.0 Å². The largest absolute Gasteiger partial charge is 0.480 e. The molecule has 2 aromatic heterocycles. The van der Waals surface area contributed by atoms with E-state index >= 15 is 0 Å². The minimum Gasteiger partial charge on any atom is -0.480 e. The van der Waals surface area contributed by atoms with Crippen LogP contribution in [0.3, 0.4) is 0 Å². The van der Waals surface area contributed by atoms with E-state index in [9.17, 15) is 4.79 Å². The Labute approximate surface area is 106 Å². The molecule has 0 saturated carbocycles. The lowest BCUT2D eigenvalue weighted by Crippen LogP contribution is -2.22. The molecular formula is C11H10BrN3O2. The van der Waals surface area contributed by atoms with Crippen LogP contribution in [-0.2, 0) is 6.54 Å². The SMILES string of the molecule is COc1ccc(=O)n(Cc2cncc(Br)c2)n1. The summed E-state index contributed by atoms with van der Waals surface area (Å²) in [7, 11) is 1.51. The van der Waals surface area contributed by atoms with Crippen molar-refractivity contribution in [1.82, 2.24) is 14.8 Å². The van der Waals surface area contributed by atoms with Gasteiger partial charge in [-0.3, -0.25) is 9.78 Å². The first-order valence-corrected chi connectivity index (χ1v) is 5.70. The lowest BCUT2D eigenvalue weighted by atomic mass is 10.3. The van der Waals surface area contributed by atoms with Crippen molar-refractivity contribution in [2.45, 2.75) is 6.54 Å². The normalized spacial score (nSPS) is 10.2. The van der Waals surface area contributed by atoms with Crippen molar-refractivity contribution in [3.8, 4) is 5.88 Å². The van der Waals surface area contributed by atoms with Crippen LogP contribution in [0.25, 0.3) is 0 Å². The molecule has 0 atom stereocenters. The molecule has 88 valence electrons. The number of methoxy groups -OCH3 is 1. The third-order valence-electron chi connectivity index (χ3n) is 2.15. The van der Waals surface area contributed by atoms with E-state index in [1.54, 1.807) is 12.4 Å². The van der Waals surface area contributed by atoms with Crippen LogP contribution in [0.2, 0.25) is 0 Å². The third-order valence-corrected chi connectivity index (χ3v) is 2.58. The summed E-state index contributed by atoms with van der Waals surface area (Å²) in [5, 5.41) is 4.05. The van der Waals surface area contributed by atoms with Crippen molar-refractivity contribution in [1.29, 1.82) is 0 Å². The smallest absolute Gasteiger partial charge is 0.267 e. The molecule has 2 aromatic rings. The van der Waals surface area contributed by atoms with Gasteiger partial charge in [-0.15, -0.1) is 5.10 Å². The number of hydrogen-bond acceptors (Lipinski definition) is 4. The van der Waals surface area contributed by atoms with Crippen molar-refractivity contribution >= 4 is 15.9 Å². The first-order chi connectivity index (χ1) is 8.19. The Balaban J connectivity index is 2.32. The van der Waals surface area contributed by atoms with Crippen molar-refractivity contribution < 1.29 is 4.74 Å². The quantitative estimate of drug-likeness (QED) is 0.860. The van der Waals surface area contributed by atoms with E-state index in [0.717, 1.165) is 10.0 Å². The zero-order chi connectivity index (χ0) is 12.3. The van der Waals surface area contributed by atoms with Gasteiger partial charge in [-0.1, -0.05) is 0 Å². The molecule has 0 aromatic carbocycles. The molecule has 0 aliphatic rings. The Hall–Kier alpha value is -1.69. The standard InChI is InChI=1S/C11H10BrN3O2/c1-17-10-2-3-11(16)15(14-10)7-8-4-9(12)6-13-5-8/h2-6H,7H2,1H3. The molecule has 2 heterocycles. The van der Waals surface area contributed by atoms with Crippen LogP contribution in [0.15, 0.2) is 39.9 Å². The van der Waals surface area contributed by atoms with Gasteiger partial charge < -0.3 is 4.74 Å². The van der Waals surface area contributed by atoms with Crippen molar-refractivity contribution in [2.75, 3.05) is 7.11 Å². The summed E-state index contributed by atoms with van der Waals surface area (Å²) in [4.78, 5) is 15.6. The Morgan fingerprint density at radius 2 is 2.24 bits per heavy atom. The number of rotatable bonds is 3. The highest BCUT2D eigenvalue weighted by Gasteiger charge is 2.02. The summed E-state index contributed by atoms with van der Waals surface area (Å²) < 4.78 is 7.18. The van der Waals surface area contributed by atoms with Gasteiger partial charge in [-0.2, -0.15) is 0 Å². The van der Waals surface area contributed by atoms with Gasteiger partial charge in [-0.05, 0) is 27.6 Å². The predicted molar refractivity (Wildman–Crippen MR) is 66.1 cm³/mol. The molecule has 5 nitrogen and oxygen atoms in total. The van der Waals surface area contributed by atoms with Gasteiger partial charge in [0.15, 0.2) is 0 Å². The molecule has 0 amide bonds. The van der Waals surface area contributed by atoms with Crippen LogP contribution in [0.4, 0.5) is 0 Å². The highest BCUT2D eigenvalue weighted by molar-refractivity contribution is 9.10. The molecule has 17 heavy (non-hydrogen) atoms. The van der Waals surface area contributed by atoms with E-state index in [1.165, 1.54) is 23.9 Å². The minimum atomic E-state index is -0.175. The number of hydrogen-bond donors (Lipinski definition) is 0. The third kappa shape index (κ3) is 2.91. The first kappa shape index (κ1) is 11.8. The lowest BCUT2D eigenvalue weighted by molar-refractivity contribution is 0.379. The maximum Gasteiger partial charge on any atom is 0.267 e. The van der Waals surface area contributed by atoms with E-state index in [1.807, 2.05) is 6.07 Å².